The standard InChI is InChI=1S/C30H54ClNO11/c1-10-20-30(8,40)25(37)16(4)22(34)14(2)12-29(7,39)26(17(5)23(35)18(6)27(38)42-20)43-28-24(36)19(11-15(3)41-28)32(9)21(33)13-31/h14-20,22-26,28,34-37,39-40H,10-13H2,1-9H3/t14-,15+,16+,17-,18+,19?,20+,22-,23-,24-,25-,26-,28-,29+,30?/m0/s1. The number of nitrogens with zero attached hydrogens (tertiary/aromatic N) is 1. The van der Waals surface area contributed by atoms with Crippen molar-refractivity contribution in [1.82, 2.24) is 4.90 Å². The van der Waals surface area contributed by atoms with Gasteiger partial charge in [-0.2, -0.15) is 0 Å². The minimum Gasteiger partial charge on any atom is -0.459 e. The normalized spacial score (nSPS) is 47.3. The molecule has 2 rings (SSSR count). The van der Waals surface area contributed by atoms with Crippen LogP contribution in [0.5, 0.6) is 0 Å². The molecule has 43 heavy (non-hydrogen) atoms. The van der Waals surface area contributed by atoms with Crippen LogP contribution < -0.4 is 0 Å². The van der Waals surface area contributed by atoms with E-state index in [2.05, 4.69) is 0 Å². The number of cyclic esters (lactones) is 1. The zero-order chi connectivity index (χ0) is 33.2. The van der Waals surface area contributed by atoms with Crippen LogP contribution in [0.2, 0.25) is 0 Å². The Morgan fingerprint density at radius 1 is 1.02 bits per heavy atom. The summed E-state index contributed by atoms with van der Waals surface area (Å²) in [4.78, 5) is 26.9. The van der Waals surface area contributed by atoms with E-state index in [1.807, 2.05) is 0 Å². The maximum Gasteiger partial charge on any atom is 0.311 e. The molecule has 6 N–H and O–H groups in total. The maximum absolute atomic E-state index is 13.2. The summed E-state index contributed by atoms with van der Waals surface area (Å²) in [6.45, 7) is 12.5. The van der Waals surface area contributed by atoms with Crippen LogP contribution in [0.4, 0.5) is 0 Å². The molecule has 0 aliphatic carbocycles. The number of aliphatic hydroxyl groups is 6. The summed E-state index contributed by atoms with van der Waals surface area (Å²) in [5.41, 5.74) is -3.69. The highest BCUT2D eigenvalue weighted by atomic mass is 35.5. The van der Waals surface area contributed by atoms with Gasteiger partial charge in [0.1, 0.15) is 23.7 Å². The lowest BCUT2D eigenvalue weighted by molar-refractivity contribution is -0.299. The third kappa shape index (κ3) is 8.39. The summed E-state index contributed by atoms with van der Waals surface area (Å²) >= 11 is 5.74. The van der Waals surface area contributed by atoms with Crippen LogP contribution in [0.25, 0.3) is 0 Å². The zero-order valence-electron chi connectivity index (χ0n) is 26.9. The summed E-state index contributed by atoms with van der Waals surface area (Å²) < 4.78 is 17.8. The number of hydrogen-bond donors (Lipinski definition) is 6. The van der Waals surface area contributed by atoms with Crippen molar-refractivity contribution in [3.63, 3.8) is 0 Å². The molecule has 2 unspecified atom stereocenters. The molecule has 2 aliphatic rings. The Morgan fingerprint density at radius 2 is 1.60 bits per heavy atom. The van der Waals surface area contributed by atoms with Crippen LogP contribution in [-0.4, -0.2) is 127 Å². The quantitative estimate of drug-likeness (QED) is 0.184. The van der Waals surface area contributed by atoms with Crippen molar-refractivity contribution in [1.29, 1.82) is 0 Å². The van der Waals surface area contributed by atoms with Gasteiger partial charge in [0.25, 0.3) is 0 Å². The Kier molecular flexibility index (Phi) is 13.3. The number of halogens is 1. The second-order valence-electron chi connectivity index (χ2n) is 13.3. The fourth-order valence-electron chi connectivity index (χ4n) is 6.74. The van der Waals surface area contributed by atoms with Crippen LogP contribution in [-0.2, 0) is 23.8 Å². The molecule has 0 aromatic carbocycles. The molecule has 0 radical (unpaired) electrons. The molecule has 0 aromatic heterocycles. The largest absolute Gasteiger partial charge is 0.459 e. The number of amides is 1. The van der Waals surface area contributed by atoms with Gasteiger partial charge in [0.2, 0.25) is 5.91 Å². The number of ether oxygens (including phenoxy) is 3. The Balaban J connectivity index is 2.55. The Bertz CT molecular complexity index is 936. The maximum atomic E-state index is 13.2. The lowest BCUT2D eigenvalue weighted by atomic mass is 9.73. The number of alkyl halides is 1. The molecular formula is C30H54ClNO11. The van der Waals surface area contributed by atoms with Crippen molar-refractivity contribution in [3.05, 3.63) is 0 Å². The smallest absolute Gasteiger partial charge is 0.311 e. The molecule has 0 bridgehead atoms. The number of likely N-dealkylation sites (N-methyl/N-ethyl adjacent to an activating group) is 1. The first-order valence-electron chi connectivity index (χ1n) is 15.2. The predicted octanol–water partition coefficient (Wildman–Crippen LogP) is 0.788. The third-order valence-electron chi connectivity index (χ3n) is 9.65. The molecule has 0 spiro atoms. The molecule has 13 heteroatoms. The molecule has 2 aliphatic heterocycles. The summed E-state index contributed by atoms with van der Waals surface area (Å²) in [6.07, 6.45) is -9.27. The highest BCUT2D eigenvalue weighted by molar-refractivity contribution is 6.27. The van der Waals surface area contributed by atoms with Crippen molar-refractivity contribution in [2.75, 3.05) is 12.9 Å². The molecule has 2 fully saturated rings. The molecule has 1 amide bonds. The van der Waals surface area contributed by atoms with Gasteiger partial charge >= 0.3 is 5.97 Å². The van der Waals surface area contributed by atoms with E-state index in [0.717, 1.165) is 0 Å². The van der Waals surface area contributed by atoms with Crippen molar-refractivity contribution in [3.8, 4) is 0 Å². The van der Waals surface area contributed by atoms with Crippen LogP contribution in [0.3, 0.4) is 0 Å². The lowest BCUT2D eigenvalue weighted by Gasteiger charge is -2.47. The van der Waals surface area contributed by atoms with Gasteiger partial charge in [-0.05, 0) is 52.9 Å². The molecular weight excluding hydrogens is 586 g/mol. The summed E-state index contributed by atoms with van der Waals surface area (Å²) in [7, 11) is 1.52. The topological polar surface area (TPSA) is 186 Å². The highest BCUT2D eigenvalue weighted by Gasteiger charge is 2.51. The summed E-state index contributed by atoms with van der Waals surface area (Å²) in [5.74, 6) is -5.14. The number of hydrogen-bond acceptors (Lipinski definition) is 11. The van der Waals surface area contributed by atoms with Crippen molar-refractivity contribution >= 4 is 23.5 Å². The first-order valence-corrected chi connectivity index (χ1v) is 15.8. The van der Waals surface area contributed by atoms with Crippen molar-refractivity contribution < 1.29 is 54.4 Å². The van der Waals surface area contributed by atoms with Gasteiger partial charge in [-0.15, -0.1) is 11.6 Å². The molecule has 0 saturated carbocycles. The molecule has 2 saturated heterocycles. The van der Waals surface area contributed by atoms with E-state index >= 15 is 0 Å². The number of rotatable bonds is 5. The Labute approximate surface area is 260 Å². The van der Waals surface area contributed by atoms with E-state index in [0.29, 0.717) is 6.42 Å². The van der Waals surface area contributed by atoms with E-state index in [4.69, 9.17) is 25.8 Å². The molecule has 12 nitrogen and oxygen atoms in total. The second-order valence-corrected chi connectivity index (χ2v) is 13.6. The van der Waals surface area contributed by atoms with E-state index in [-0.39, 0.29) is 18.7 Å². The predicted molar refractivity (Wildman–Crippen MR) is 158 cm³/mol. The number of carbonyl (C=O) groups excluding carboxylic acids is 2. The zero-order valence-corrected chi connectivity index (χ0v) is 27.6. The van der Waals surface area contributed by atoms with E-state index in [1.165, 1.54) is 32.7 Å². The van der Waals surface area contributed by atoms with Gasteiger partial charge in [0, 0.05) is 18.9 Å². The first-order chi connectivity index (χ1) is 19.7. The van der Waals surface area contributed by atoms with Crippen LogP contribution in [0.1, 0.15) is 74.7 Å². The Hall–Kier alpha value is -1.09. The number of esters is 1. The fourth-order valence-corrected chi connectivity index (χ4v) is 6.93. The van der Waals surface area contributed by atoms with Crippen LogP contribution >= 0.6 is 11.6 Å². The summed E-state index contributed by atoms with van der Waals surface area (Å²) in [6, 6.07) is -0.709. The van der Waals surface area contributed by atoms with Crippen LogP contribution in [0.15, 0.2) is 0 Å². The van der Waals surface area contributed by atoms with Gasteiger partial charge in [-0.3, -0.25) is 9.59 Å². The summed E-state index contributed by atoms with van der Waals surface area (Å²) in [5, 5.41) is 68.1. The van der Waals surface area contributed by atoms with Crippen molar-refractivity contribution in [2.24, 2.45) is 23.7 Å². The van der Waals surface area contributed by atoms with Crippen molar-refractivity contribution in [2.45, 2.75) is 141 Å². The molecule has 2 heterocycles. The molecule has 252 valence electrons. The van der Waals surface area contributed by atoms with Gasteiger partial charge < -0.3 is 49.7 Å². The third-order valence-corrected chi connectivity index (χ3v) is 9.88. The highest BCUT2D eigenvalue weighted by Crippen LogP contribution is 2.38. The van der Waals surface area contributed by atoms with E-state index in [1.54, 1.807) is 34.6 Å². The molecule has 15 atom stereocenters. The van der Waals surface area contributed by atoms with Gasteiger partial charge in [-0.1, -0.05) is 27.7 Å². The van der Waals surface area contributed by atoms with E-state index in [9.17, 15) is 40.2 Å². The second kappa shape index (κ2) is 15.0. The fraction of sp³-hybridized carbons (Fsp3) is 0.933. The van der Waals surface area contributed by atoms with Gasteiger partial charge in [-0.25, -0.2) is 0 Å². The van der Waals surface area contributed by atoms with Gasteiger partial charge in [0.15, 0.2) is 6.29 Å². The SMILES string of the molecule is CC[C@H]1OC(=O)[C@H](C)[C@@H](O)[C@H](C)[C@H](O[C@@H]2O[C@H](C)CC(N(C)C(=O)CCl)[C@@H]2O)[C@](C)(O)C[C@H](C)[C@H](O)[C@@H](C)[C@H](O)C1(C)O. The van der Waals surface area contributed by atoms with Crippen LogP contribution in [0, 0.1) is 23.7 Å². The number of aliphatic hydroxyl groups excluding tert-OH is 4. The monoisotopic (exact) mass is 639 g/mol. The average molecular weight is 640 g/mol. The minimum atomic E-state index is -1.92. The lowest BCUT2D eigenvalue weighted by Crippen LogP contribution is -2.61. The number of carbonyl (C=O) groups is 2. The van der Waals surface area contributed by atoms with Gasteiger partial charge in [0.05, 0.1) is 48.1 Å². The average Bonchev–Trinajstić information content (AvgIpc) is 2.95. The first kappa shape index (κ1) is 38.1. The molecule has 0 aromatic rings. The Morgan fingerprint density at radius 3 is 2.14 bits per heavy atom. The minimum absolute atomic E-state index is 0.0858. The van der Waals surface area contributed by atoms with E-state index < -0.39 is 102 Å².